The minimum atomic E-state index is -1.25. The Morgan fingerprint density at radius 2 is 1.46 bits per heavy atom. The molecule has 1 saturated carbocycles. The molecule has 0 radical (unpaired) electrons. The molecular weight excluding hydrogens is 357 g/mol. The van der Waals surface area contributed by atoms with Crippen LogP contribution in [0.4, 0.5) is 4.39 Å². The first-order valence-corrected chi connectivity index (χ1v) is 9.69. The van der Waals surface area contributed by atoms with Gasteiger partial charge in [0.25, 0.3) is 0 Å². The Balaban J connectivity index is 1.87. The van der Waals surface area contributed by atoms with E-state index in [1.165, 1.54) is 5.56 Å². The van der Waals surface area contributed by atoms with Gasteiger partial charge < -0.3 is 10.4 Å². The number of rotatable bonds is 6. The zero-order chi connectivity index (χ0) is 20.3. The first-order valence-electron chi connectivity index (χ1n) is 9.69. The number of hydrogen-bond donors (Lipinski definition) is 2. The lowest BCUT2D eigenvalue weighted by molar-refractivity contribution is -0.146. The Bertz CT molecular complexity index is 820. The van der Waals surface area contributed by atoms with Gasteiger partial charge in [0.05, 0.1) is 17.9 Å². The van der Waals surface area contributed by atoms with Crippen molar-refractivity contribution < 1.29 is 19.1 Å². The number of carbonyl (C=O) groups excluding carboxylic acids is 1. The fraction of sp³-hybridized carbons (Fsp3) is 0.391. The van der Waals surface area contributed by atoms with Crippen LogP contribution < -0.4 is 5.32 Å². The van der Waals surface area contributed by atoms with Gasteiger partial charge in [-0.3, -0.25) is 9.59 Å². The third-order valence-corrected chi connectivity index (χ3v) is 5.52. The molecule has 1 aliphatic carbocycles. The highest BCUT2D eigenvalue weighted by atomic mass is 19.1. The molecule has 2 aromatic carbocycles. The fourth-order valence-electron chi connectivity index (χ4n) is 3.87. The first-order chi connectivity index (χ1) is 13.4. The minimum Gasteiger partial charge on any atom is -0.481 e. The maximum atomic E-state index is 13.8. The Morgan fingerprint density at radius 1 is 0.929 bits per heavy atom. The minimum absolute atomic E-state index is 0.0450. The molecule has 1 amide bonds. The zero-order valence-electron chi connectivity index (χ0n) is 16.1. The summed E-state index contributed by atoms with van der Waals surface area (Å²) in [7, 11) is 0. The lowest BCUT2D eigenvalue weighted by Crippen LogP contribution is -2.38. The predicted octanol–water partition coefficient (Wildman–Crippen LogP) is 4.46. The highest BCUT2D eigenvalue weighted by Gasteiger charge is 2.43. The Hall–Kier alpha value is -2.69. The van der Waals surface area contributed by atoms with Crippen LogP contribution in [-0.4, -0.2) is 23.2 Å². The van der Waals surface area contributed by atoms with Crippen LogP contribution in [0.5, 0.6) is 0 Å². The summed E-state index contributed by atoms with van der Waals surface area (Å²) < 4.78 is 13.8. The Morgan fingerprint density at radius 3 is 2.04 bits per heavy atom. The van der Waals surface area contributed by atoms with Crippen LogP contribution in [0.3, 0.4) is 0 Å². The molecule has 0 aliphatic heterocycles. The third kappa shape index (κ3) is 4.41. The van der Waals surface area contributed by atoms with E-state index in [0.717, 1.165) is 11.1 Å². The smallest absolute Gasteiger partial charge is 0.307 e. The van der Waals surface area contributed by atoms with Gasteiger partial charge in [-0.25, -0.2) is 4.39 Å². The maximum Gasteiger partial charge on any atom is 0.307 e. The van der Waals surface area contributed by atoms with Gasteiger partial charge in [-0.15, -0.1) is 0 Å². The van der Waals surface area contributed by atoms with Gasteiger partial charge >= 0.3 is 5.97 Å². The summed E-state index contributed by atoms with van der Waals surface area (Å²) in [6, 6.07) is 17.1. The summed E-state index contributed by atoms with van der Waals surface area (Å²) in [5, 5.41) is 12.3. The number of hydrogen-bond acceptors (Lipinski definition) is 2. The van der Waals surface area contributed by atoms with Crippen LogP contribution in [0.25, 0.3) is 0 Å². The second-order valence-electron chi connectivity index (χ2n) is 7.79. The van der Waals surface area contributed by atoms with E-state index in [4.69, 9.17) is 0 Å². The molecule has 148 valence electrons. The summed E-state index contributed by atoms with van der Waals surface area (Å²) in [5.74, 6) is -2.95. The van der Waals surface area contributed by atoms with Crippen molar-refractivity contribution in [2.75, 3.05) is 0 Å². The van der Waals surface area contributed by atoms with Crippen molar-refractivity contribution in [3.05, 3.63) is 71.3 Å². The van der Waals surface area contributed by atoms with E-state index in [2.05, 4.69) is 19.2 Å². The number of amides is 1. The molecule has 3 unspecified atom stereocenters. The second kappa shape index (κ2) is 8.55. The monoisotopic (exact) mass is 383 g/mol. The number of carbonyl (C=O) groups is 2. The van der Waals surface area contributed by atoms with Crippen molar-refractivity contribution in [3.8, 4) is 0 Å². The number of alkyl halides is 1. The summed E-state index contributed by atoms with van der Waals surface area (Å²) in [6.45, 7) is 4.23. The maximum absolute atomic E-state index is 13.8. The summed E-state index contributed by atoms with van der Waals surface area (Å²) >= 11 is 0. The van der Waals surface area contributed by atoms with Gasteiger partial charge in [0.15, 0.2) is 0 Å². The number of carboxylic acid groups (broad SMARTS) is 1. The lowest BCUT2D eigenvalue weighted by Gasteiger charge is -2.24. The van der Waals surface area contributed by atoms with E-state index >= 15 is 0 Å². The topological polar surface area (TPSA) is 66.4 Å². The van der Waals surface area contributed by atoms with E-state index in [9.17, 15) is 19.1 Å². The van der Waals surface area contributed by atoms with Crippen molar-refractivity contribution in [1.29, 1.82) is 0 Å². The molecule has 0 spiro atoms. The van der Waals surface area contributed by atoms with Crippen molar-refractivity contribution in [3.63, 3.8) is 0 Å². The molecule has 4 nitrogen and oxygen atoms in total. The number of carboxylic acids is 1. The van der Waals surface area contributed by atoms with E-state index in [1.807, 2.05) is 54.6 Å². The molecule has 28 heavy (non-hydrogen) atoms. The SMILES string of the molecule is CC(C)c1ccc([C@@H](NC(=O)C2CC(F)CC2C(=O)O)c2ccccc2)cc1. The molecule has 1 aliphatic rings. The van der Waals surface area contributed by atoms with Crippen molar-refractivity contribution in [2.24, 2.45) is 11.8 Å². The second-order valence-corrected chi connectivity index (χ2v) is 7.79. The molecule has 1 fully saturated rings. The van der Waals surface area contributed by atoms with Gasteiger partial charge in [-0.2, -0.15) is 0 Å². The molecule has 0 bridgehead atoms. The van der Waals surface area contributed by atoms with Gasteiger partial charge in [0.2, 0.25) is 5.91 Å². The summed E-state index contributed by atoms with van der Waals surface area (Å²) in [4.78, 5) is 24.3. The van der Waals surface area contributed by atoms with Crippen LogP contribution in [0.1, 0.15) is 55.3 Å². The highest BCUT2D eigenvalue weighted by Crippen LogP contribution is 2.35. The molecule has 3 rings (SSSR count). The molecule has 4 atom stereocenters. The number of halogens is 1. The number of benzene rings is 2. The average molecular weight is 383 g/mol. The van der Waals surface area contributed by atoms with Crippen LogP contribution >= 0.6 is 0 Å². The van der Waals surface area contributed by atoms with Crippen molar-refractivity contribution in [2.45, 2.75) is 44.8 Å². The van der Waals surface area contributed by atoms with Crippen LogP contribution in [0.2, 0.25) is 0 Å². The standard InChI is InChI=1S/C23H26FNO3/c1-14(2)15-8-10-17(11-9-15)21(16-6-4-3-5-7-16)25-22(26)19-12-18(24)13-20(19)23(27)28/h3-11,14,18-21H,12-13H2,1-2H3,(H,25,26)(H,27,28)/t18?,19?,20?,21-/m0/s1. The summed E-state index contributed by atoms with van der Waals surface area (Å²) in [6.07, 6.45) is -1.40. The van der Waals surface area contributed by atoms with Gasteiger partial charge in [-0.1, -0.05) is 68.4 Å². The number of aliphatic carboxylic acids is 1. The van der Waals surface area contributed by atoms with Crippen molar-refractivity contribution >= 4 is 11.9 Å². The van der Waals surface area contributed by atoms with E-state index in [-0.39, 0.29) is 12.8 Å². The van der Waals surface area contributed by atoms with Gasteiger partial charge in [0, 0.05) is 0 Å². The predicted molar refractivity (Wildman–Crippen MR) is 106 cm³/mol. The molecule has 2 aromatic rings. The first kappa shape index (κ1) is 20.1. The quantitative estimate of drug-likeness (QED) is 0.774. The molecule has 2 N–H and O–H groups in total. The molecule has 0 aromatic heterocycles. The molecular formula is C23H26FNO3. The largest absolute Gasteiger partial charge is 0.481 e. The van der Waals surface area contributed by atoms with Crippen LogP contribution in [-0.2, 0) is 9.59 Å². The Kier molecular flexibility index (Phi) is 6.12. The highest BCUT2D eigenvalue weighted by molar-refractivity contribution is 5.86. The lowest BCUT2D eigenvalue weighted by atomic mass is 9.92. The zero-order valence-corrected chi connectivity index (χ0v) is 16.1. The Labute approximate surface area is 164 Å². The summed E-state index contributed by atoms with van der Waals surface area (Å²) in [5.41, 5.74) is 3.00. The molecule has 0 saturated heterocycles. The van der Waals surface area contributed by atoms with Crippen molar-refractivity contribution in [1.82, 2.24) is 5.32 Å². The molecule has 5 heteroatoms. The van der Waals surface area contributed by atoms with E-state index in [1.54, 1.807) is 0 Å². The van der Waals surface area contributed by atoms with Gasteiger partial charge in [-0.05, 0) is 35.4 Å². The molecule has 0 heterocycles. The fourth-order valence-corrected chi connectivity index (χ4v) is 3.87. The van der Waals surface area contributed by atoms with Crippen LogP contribution in [0, 0.1) is 11.8 Å². The van der Waals surface area contributed by atoms with Gasteiger partial charge in [0.1, 0.15) is 6.17 Å². The number of nitrogens with one attached hydrogen (secondary N) is 1. The van der Waals surface area contributed by atoms with Crippen LogP contribution in [0.15, 0.2) is 54.6 Å². The third-order valence-electron chi connectivity index (χ3n) is 5.52. The van der Waals surface area contributed by atoms with E-state index < -0.39 is 35.9 Å². The van der Waals surface area contributed by atoms with E-state index in [0.29, 0.717) is 5.92 Å². The normalized spacial score (nSPS) is 22.8. The average Bonchev–Trinajstić information content (AvgIpc) is 3.09.